The summed E-state index contributed by atoms with van der Waals surface area (Å²) in [6.45, 7) is 1.79. The number of ether oxygens (including phenoxy) is 1. The molecule has 0 bridgehead atoms. The average Bonchev–Trinajstić information content (AvgIpc) is 2.64. The van der Waals surface area contributed by atoms with Gasteiger partial charge in [0.2, 0.25) is 0 Å². The summed E-state index contributed by atoms with van der Waals surface area (Å²) in [4.78, 5) is 11.0. The number of rotatable bonds is 21. The molecular formula is C23H47KO3. The second-order valence-electron chi connectivity index (χ2n) is 7.76. The Labute approximate surface area is 212 Å². The van der Waals surface area contributed by atoms with Gasteiger partial charge in [0.25, 0.3) is 0 Å². The summed E-state index contributed by atoms with van der Waals surface area (Å²) in [6, 6.07) is 0. The van der Waals surface area contributed by atoms with Gasteiger partial charge < -0.3 is 9.84 Å². The van der Waals surface area contributed by atoms with Crippen molar-refractivity contribution in [3.8, 4) is 0 Å². The number of esters is 1. The van der Waals surface area contributed by atoms with Crippen molar-refractivity contribution in [1.82, 2.24) is 0 Å². The number of hydrogen-bond acceptors (Lipinski definition) is 3. The zero-order valence-corrected chi connectivity index (χ0v) is 17.6. The zero-order chi connectivity index (χ0) is 19.1. The first-order chi connectivity index (χ1) is 12.8. The van der Waals surface area contributed by atoms with Crippen LogP contribution >= 0.6 is 0 Å². The van der Waals surface area contributed by atoms with Crippen molar-refractivity contribution in [2.45, 2.75) is 135 Å². The van der Waals surface area contributed by atoms with Gasteiger partial charge in [-0.05, 0) is 6.42 Å². The van der Waals surface area contributed by atoms with Crippen LogP contribution in [0.3, 0.4) is 0 Å². The van der Waals surface area contributed by atoms with Crippen molar-refractivity contribution in [2.24, 2.45) is 0 Å². The molecule has 4 heteroatoms. The maximum atomic E-state index is 11.0. The second-order valence-corrected chi connectivity index (χ2v) is 7.76. The molecule has 0 unspecified atom stereocenters. The van der Waals surface area contributed by atoms with E-state index in [0.29, 0.717) is 6.42 Å². The van der Waals surface area contributed by atoms with Gasteiger partial charge in [-0.1, -0.05) is 122 Å². The quantitative estimate of drug-likeness (QED) is 0.0996. The normalized spacial score (nSPS) is 10.6. The molecule has 0 radical (unpaired) electrons. The Balaban J connectivity index is 0. The minimum absolute atomic E-state index is 0. The Morgan fingerprint density at radius 3 is 1.19 bits per heavy atom. The molecule has 0 spiro atoms. The van der Waals surface area contributed by atoms with Gasteiger partial charge >= 0.3 is 57.4 Å². The van der Waals surface area contributed by atoms with Gasteiger partial charge in [-0.3, -0.25) is 4.79 Å². The van der Waals surface area contributed by atoms with Gasteiger partial charge in [0.15, 0.2) is 6.79 Å². The summed E-state index contributed by atoms with van der Waals surface area (Å²) in [7, 11) is 0. The van der Waals surface area contributed by atoms with Crippen molar-refractivity contribution >= 4 is 57.4 Å². The van der Waals surface area contributed by atoms with E-state index >= 15 is 0 Å². The molecular weight excluding hydrogens is 363 g/mol. The summed E-state index contributed by atoms with van der Waals surface area (Å²) >= 11 is 0. The fourth-order valence-corrected chi connectivity index (χ4v) is 3.49. The standard InChI is InChI=1S/C23H46O3.K.H/c1-2-3-4-5-6-7-8-9-10-11-12-13-14-15-16-17-18-19-20-21-23(25)26-22-24;;/h24H,2-22H2,1H3;;. The van der Waals surface area contributed by atoms with Crippen molar-refractivity contribution in [2.75, 3.05) is 6.79 Å². The summed E-state index contributed by atoms with van der Waals surface area (Å²) < 4.78 is 4.50. The van der Waals surface area contributed by atoms with Crippen LogP contribution in [0.25, 0.3) is 0 Å². The molecule has 0 aliphatic rings. The number of carbonyl (C=O) groups is 1. The van der Waals surface area contributed by atoms with Crippen LogP contribution in [0.4, 0.5) is 0 Å². The van der Waals surface area contributed by atoms with Gasteiger partial charge in [0.1, 0.15) is 0 Å². The van der Waals surface area contributed by atoms with Crippen LogP contribution < -0.4 is 0 Å². The summed E-state index contributed by atoms with van der Waals surface area (Å²) in [5, 5.41) is 8.45. The molecule has 158 valence electrons. The molecule has 0 amide bonds. The van der Waals surface area contributed by atoms with Crippen LogP contribution in [0.5, 0.6) is 0 Å². The van der Waals surface area contributed by atoms with E-state index in [1.807, 2.05) is 0 Å². The van der Waals surface area contributed by atoms with E-state index < -0.39 is 6.79 Å². The fourth-order valence-electron chi connectivity index (χ4n) is 3.49. The van der Waals surface area contributed by atoms with Gasteiger partial charge in [-0.15, -0.1) is 0 Å². The van der Waals surface area contributed by atoms with Crippen molar-refractivity contribution in [3.05, 3.63) is 0 Å². The molecule has 0 rings (SSSR count). The third-order valence-electron chi connectivity index (χ3n) is 5.21. The number of carbonyl (C=O) groups excluding carboxylic acids is 1. The van der Waals surface area contributed by atoms with Gasteiger partial charge in [0, 0.05) is 6.42 Å². The van der Waals surface area contributed by atoms with E-state index in [1.54, 1.807) is 0 Å². The van der Waals surface area contributed by atoms with Crippen LogP contribution in [-0.4, -0.2) is 69.3 Å². The predicted octanol–water partition coefficient (Wildman–Crippen LogP) is 6.65. The van der Waals surface area contributed by atoms with Crippen LogP contribution in [0, 0.1) is 0 Å². The molecule has 0 aliphatic heterocycles. The minimum atomic E-state index is -0.488. The van der Waals surface area contributed by atoms with Gasteiger partial charge in [-0.2, -0.15) is 0 Å². The van der Waals surface area contributed by atoms with E-state index in [0.717, 1.165) is 12.8 Å². The second kappa shape index (κ2) is 27.1. The van der Waals surface area contributed by atoms with Gasteiger partial charge in [0.05, 0.1) is 0 Å². The molecule has 0 heterocycles. The third kappa shape index (κ3) is 27.1. The molecule has 0 aliphatic carbocycles. The van der Waals surface area contributed by atoms with Crippen LogP contribution in [0.2, 0.25) is 0 Å². The average molecular weight is 411 g/mol. The molecule has 0 saturated carbocycles. The monoisotopic (exact) mass is 410 g/mol. The molecule has 0 aromatic heterocycles. The first-order valence-electron chi connectivity index (χ1n) is 11.6. The van der Waals surface area contributed by atoms with Crippen LogP contribution in [0.15, 0.2) is 0 Å². The molecule has 27 heavy (non-hydrogen) atoms. The van der Waals surface area contributed by atoms with Crippen molar-refractivity contribution in [3.63, 3.8) is 0 Å². The van der Waals surface area contributed by atoms with Crippen LogP contribution in [0.1, 0.15) is 135 Å². The van der Waals surface area contributed by atoms with Gasteiger partial charge in [-0.25, -0.2) is 0 Å². The Morgan fingerprint density at radius 1 is 0.593 bits per heavy atom. The zero-order valence-electron chi connectivity index (χ0n) is 17.6. The molecule has 0 atom stereocenters. The van der Waals surface area contributed by atoms with Crippen molar-refractivity contribution < 1.29 is 14.6 Å². The Kier molecular flexibility index (Phi) is 30.3. The molecule has 1 N–H and O–H groups in total. The van der Waals surface area contributed by atoms with Crippen molar-refractivity contribution in [1.29, 1.82) is 0 Å². The summed E-state index contributed by atoms with van der Waals surface area (Å²) in [6.07, 6.45) is 26.2. The molecule has 0 saturated heterocycles. The van der Waals surface area contributed by atoms with E-state index in [2.05, 4.69) is 11.7 Å². The topological polar surface area (TPSA) is 46.5 Å². The van der Waals surface area contributed by atoms with E-state index in [9.17, 15) is 4.79 Å². The SMILES string of the molecule is CCCCCCCCCCCCCCCCCCCCCC(=O)OCO.[KH]. The van der Waals surface area contributed by atoms with E-state index in [1.165, 1.54) is 109 Å². The molecule has 0 aromatic rings. The van der Waals surface area contributed by atoms with E-state index in [-0.39, 0.29) is 57.4 Å². The predicted molar refractivity (Wildman–Crippen MR) is 118 cm³/mol. The van der Waals surface area contributed by atoms with Crippen LogP contribution in [-0.2, 0) is 9.53 Å². The maximum absolute atomic E-state index is 11.0. The molecule has 0 aromatic carbocycles. The number of aliphatic hydroxyl groups excluding tert-OH is 1. The fraction of sp³-hybridized carbons (Fsp3) is 0.957. The Bertz CT molecular complexity index is 285. The first kappa shape index (κ1) is 30.3. The number of unbranched alkanes of at least 4 members (excludes halogenated alkanes) is 18. The first-order valence-corrected chi connectivity index (χ1v) is 11.6. The third-order valence-corrected chi connectivity index (χ3v) is 5.21. The molecule has 0 fully saturated rings. The summed E-state index contributed by atoms with van der Waals surface area (Å²) in [5.41, 5.74) is 0. The summed E-state index contributed by atoms with van der Waals surface area (Å²) in [5.74, 6) is -0.278. The van der Waals surface area contributed by atoms with E-state index in [4.69, 9.17) is 5.11 Å². The molecule has 3 nitrogen and oxygen atoms in total. The Morgan fingerprint density at radius 2 is 0.889 bits per heavy atom. The Hall–Kier alpha value is 1.07. The number of aliphatic hydroxyl groups is 1. The number of hydrogen-bond donors (Lipinski definition) is 1.